The van der Waals surface area contributed by atoms with Crippen molar-refractivity contribution in [1.29, 1.82) is 0 Å². The van der Waals surface area contributed by atoms with Crippen molar-refractivity contribution in [2.75, 3.05) is 26.2 Å². The number of fused-ring (bicyclic) bond motifs is 4. The van der Waals surface area contributed by atoms with Crippen molar-refractivity contribution in [1.82, 2.24) is 34.4 Å². The summed E-state index contributed by atoms with van der Waals surface area (Å²) in [4.78, 5) is 25.0. The van der Waals surface area contributed by atoms with Crippen LogP contribution in [0.3, 0.4) is 0 Å². The van der Waals surface area contributed by atoms with Crippen molar-refractivity contribution in [3.05, 3.63) is 53.9 Å². The van der Waals surface area contributed by atoms with E-state index >= 15 is 0 Å². The van der Waals surface area contributed by atoms with Crippen molar-refractivity contribution in [3.63, 3.8) is 0 Å². The third kappa shape index (κ3) is 4.85. The molecule has 0 radical (unpaired) electrons. The highest BCUT2D eigenvalue weighted by atomic mass is 19.1. The lowest BCUT2D eigenvalue weighted by molar-refractivity contribution is -0.00994. The molecule has 2 bridgehead atoms. The number of aromatic nitrogens is 6. The van der Waals surface area contributed by atoms with Gasteiger partial charge in [0.05, 0.1) is 25.0 Å². The van der Waals surface area contributed by atoms with Crippen LogP contribution in [0.5, 0.6) is 11.9 Å². The summed E-state index contributed by atoms with van der Waals surface area (Å²) in [5, 5.41) is 0. The lowest BCUT2D eigenvalue weighted by Crippen LogP contribution is -2.52. The number of halogens is 1. The number of hydrogen-bond acceptors (Lipinski definition) is 8. The van der Waals surface area contributed by atoms with Gasteiger partial charge in [0.25, 0.3) is 0 Å². The molecule has 3 saturated heterocycles. The zero-order valence-corrected chi connectivity index (χ0v) is 21.1. The van der Waals surface area contributed by atoms with Crippen LogP contribution < -0.4 is 9.47 Å². The predicted molar refractivity (Wildman–Crippen MR) is 136 cm³/mol. The Morgan fingerprint density at radius 1 is 1.08 bits per heavy atom. The van der Waals surface area contributed by atoms with Crippen LogP contribution in [0.25, 0.3) is 22.6 Å². The van der Waals surface area contributed by atoms with Crippen LogP contribution in [-0.4, -0.2) is 66.7 Å². The van der Waals surface area contributed by atoms with E-state index in [9.17, 15) is 4.39 Å². The van der Waals surface area contributed by atoms with Gasteiger partial charge in [-0.3, -0.25) is 9.88 Å². The van der Waals surface area contributed by atoms with E-state index in [0.29, 0.717) is 59.2 Å². The molecule has 9 nitrogen and oxygen atoms in total. The van der Waals surface area contributed by atoms with Crippen LogP contribution in [0.1, 0.15) is 37.4 Å². The van der Waals surface area contributed by atoms with Gasteiger partial charge in [-0.05, 0) is 56.8 Å². The first-order chi connectivity index (χ1) is 18.1. The highest BCUT2D eigenvalue weighted by molar-refractivity contribution is 5.79. The van der Waals surface area contributed by atoms with E-state index in [1.54, 1.807) is 6.20 Å². The Bertz CT molecular complexity index is 1400. The van der Waals surface area contributed by atoms with E-state index in [0.717, 1.165) is 18.5 Å². The fraction of sp³-hybridized carbons (Fsp3) is 0.444. The van der Waals surface area contributed by atoms with Crippen LogP contribution in [0.15, 0.2) is 36.8 Å². The summed E-state index contributed by atoms with van der Waals surface area (Å²) in [5.41, 5.74) is 3.45. The van der Waals surface area contributed by atoms with E-state index in [1.165, 1.54) is 38.2 Å². The average molecular weight is 504 g/mol. The molecule has 0 aromatic carbocycles. The summed E-state index contributed by atoms with van der Waals surface area (Å²) in [6, 6.07) is 5.65. The minimum absolute atomic E-state index is 0.201. The molecule has 0 saturated carbocycles. The summed E-state index contributed by atoms with van der Waals surface area (Å²) in [6.45, 7) is 8.17. The number of rotatable bonds is 8. The minimum atomic E-state index is -0.429. The van der Waals surface area contributed by atoms with Crippen molar-refractivity contribution in [2.24, 2.45) is 5.92 Å². The molecule has 3 aliphatic rings. The number of ether oxygens (including phenoxy) is 2. The van der Waals surface area contributed by atoms with Crippen molar-refractivity contribution in [3.8, 4) is 23.3 Å². The maximum absolute atomic E-state index is 14.1. The highest BCUT2D eigenvalue weighted by Gasteiger charge is 2.35. The molecule has 0 unspecified atom stereocenters. The Morgan fingerprint density at radius 3 is 2.65 bits per heavy atom. The molecular formula is C27H30FN7O2. The largest absolute Gasteiger partial charge is 0.473 e. The Labute approximate surface area is 214 Å². The number of pyridine rings is 2. The van der Waals surface area contributed by atoms with Gasteiger partial charge in [0, 0.05) is 30.6 Å². The maximum Gasteiger partial charge on any atom is 0.318 e. The molecule has 7 rings (SSSR count). The smallest absolute Gasteiger partial charge is 0.318 e. The first kappa shape index (κ1) is 23.7. The van der Waals surface area contributed by atoms with Gasteiger partial charge < -0.3 is 14.0 Å². The quantitative estimate of drug-likeness (QED) is 0.356. The van der Waals surface area contributed by atoms with Gasteiger partial charge >= 0.3 is 6.01 Å². The number of imidazole rings is 1. The summed E-state index contributed by atoms with van der Waals surface area (Å²) < 4.78 is 28.0. The zero-order valence-electron chi connectivity index (χ0n) is 21.1. The van der Waals surface area contributed by atoms with E-state index in [2.05, 4.69) is 24.8 Å². The van der Waals surface area contributed by atoms with Gasteiger partial charge in [0.15, 0.2) is 5.65 Å². The second-order valence-corrected chi connectivity index (χ2v) is 9.82. The standard InChI is InChI=1S/C27H30FN7O2/c1-3-10-36-27-31-17(2)24-26(33-27)35(25(32-24)20-11-21(28)14-29-13-20)15-18-4-5-23(30-12-18)37-22-16-34-8-6-19(22)7-9-34/h4-5,11-14,19,22H,3,6-10,15-16H2,1-2H3/t22-/m1/s1. The van der Waals surface area contributed by atoms with Gasteiger partial charge in [-0.15, -0.1) is 0 Å². The second kappa shape index (κ2) is 10.0. The van der Waals surface area contributed by atoms with Crippen LogP contribution in [0, 0.1) is 18.7 Å². The number of hydrogen-bond donors (Lipinski definition) is 0. The first-order valence-electron chi connectivity index (χ1n) is 12.9. The average Bonchev–Trinajstić information content (AvgIpc) is 3.28. The first-order valence-corrected chi connectivity index (χ1v) is 12.9. The van der Waals surface area contributed by atoms with Gasteiger partial charge in [0.2, 0.25) is 5.88 Å². The topological polar surface area (TPSA) is 91.1 Å². The van der Waals surface area contributed by atoms with Gasteiger partial charge in [-0.25, -0.2) is 14.4 Å². The SMILES string of the molecule is CCCOc1nc(C)c2nc(-c3cncc(F)c3)n(Cc3ccc(O[C@@H]4CN5CCC4CC5)nc3)c2n1. The molecule has 0 aliphatic carbocycles. The number of nitrogens with zero attached hydrogens (tertiary/aromatic N) is 7. The molecular weight excluding hydrogens is 473 g/mol. The molecule has 37 heavy (non-hydrogen) atoms. The molecule has 10 heteroatoms. The van der Waals surface area contributed by atoms with Crippen LogP contribution >= 0.6 is 0 Å². The molecule has 0 amide bonds. The summed E-state index contributed by atoms with van der Waals surface area (Å²) in [5.74, 6) is 1.38. The van der Waals surface area contributed by atoms with Gasteiger partial charge in [-0.1, -0.05) is 13.0 Å². The Kier molecular flexibility index (Phi) is 6.42. The Balaban J connectivity index is 1.32. The lowest BCUT2D eigenvalue weighted by Gasteiger charge is -2.44. The molecule has 192 valence electrons. The highest BCUT2D eigenvalue weighted by Crippen LogP contribution is 2.31. The molecule has 7 heterocycles. The van der Waals surface area contributed by atoms with Gasteiger partial charge in [0.1, 0.15) is 23.3 Å². The third-order valence-corrected chi connectivity index (χ3v) is 7.15. The Morgan fingerprint density at radius 2 is 1.95 bits per heavy atom. The molecule has 3 aliphatic heterocycles. The second-order valence-electron chi connectivity index (χ2n) is 9.82. The third-order valence-electron chi connectivity index (χ3n) is 7.15. The van der Waals surface area contributed by atoms with Crippen LogP contribution in [-0.2, 0) is 6.54 Å². The lowest BCUT2D eigenvalue weighted by atomic mass is 9.86. The molecule has 4 aromatic heterocycles. The number of piperidine rings is 3. The van der Waals surface area contributed by atoms with E-state index in [1.807, 2.05) is 36.7 Å². The number of aryl methyl sites for hydroxylation is 1. The van der Waals surface area contributed by atoms with Crippen molar-refractivity contribution < 1.29 is 13.9 Å². The van der Waals surface area contributed by atoms with Gasteiger partial charge in [-0.2, -0.15) is 9.97 Å². The molecule has 4 aromatic rings. The summed E-state index contributed by atoms with van der Waals surface area (Å²) >= 11 is 0. The molecule has 0 N–H and O–H groups in total. The van der Waals surface area contributed by atoms with Crippen LogP contribution in [0.4, 0.5) is 4.39 Å². The zero-order chi connectivity index (χ0) is 25.4. The van der Waals surface area contributed by atoms with Crippen molar-refractivity contribution in [2.45, 2.75) is 45.8 Å². The van der Waals surface area contributed by atoms with E-state index in [-0.39, 0.29) is 6.10 Å². The van der Waals surface area contributed by atoms with E-state index < -0.39 is 5.82 Å². The van der Waals surface area contributed by atoms with Crippen molar-refractivity contribution >= 4 is 11.2 Å². The summed E-state index contributed by atoms with van der Waals surface area (Å²) in [7, 11) is 0. The summed E-state index contributed by atoms with van der Waals surface area (Å²) in [6.07, 6.45) is 8.03. The van der Waals surface area contributed by atoms with Crippen LogP contribution in [0.2, 0.25) is 0 Å². The normalized spacial score (nSPS) is 20.9. The van der Waals surface area contributed by atoms with E-state index in [4.69, 9.17) is 14.5 Å². The minimum Gasteiger partial charge on any atom is -0.473 e. The molecule has 1 atom stereocenters. The fourth-order valence-corrected chi connectivity index (χ4v) is 5.23. The monoisotopic (exact) mass is 503 g/mol. The Hall–Kier alpha value is -3.66. The predicted octanol–water partition coefficient (Wildman–Crippen LogP) is 4.04. The fourth-order valence-electron chi connectivity index (χ4n) is 5.23. The molecule has 3 fully saturated rings. The molecule has 0 spiro atoms. The maximum atomic E-state index is 14.1.